The summed E-state index contributed by atoms with van der Waals surface area (Å²) in [6.45, 7) is 7.20. The molecule has 2 aliphatic heterocycles. The van der Waals surface area contributed by atoms with Gasteiger partial charge in [0.25, 0.3) is 0 Å². The van der Waals surface area contributed by atoms with E-state index in [1.165, 1.54) is 78.0 Å². The highest BCUT2D eigenvalue weighted by Gasteiger charge is 2.43. The van der Waals surface area contributed by atoms with E-state index >= 15 is 0 Å². The first-order valence-electron chi connectivity index (χ1n) is 14.6. The molecule has 0 saturated carbocycles. The number of para-hydroxylation sites is 1. The lowest BCUT2D eigenvalue weighted by Gasteiger charge is -2.38. The van der Waals surface area contributed by atoms with Crippen molar-refractivity contribution in [3.8, 4) is 11.1 Å². The zero-order valence-corrected chi connectivity index (χ0v) is 23.2. The number of anilines is 3. The average Bonchev–Trinajstić information content (AvgIpc) is 3.31. The molecule has 4 aromatic carbocycles. The molecular formula is C38H30BN. The Balaban J connectivity index is 1.28. The predicted octanol–water partition coefficient (Wildman–Crippen LogP) is 7.35. The molecule has 0 N–H and O–H groups in total. The summed E-state index contributed by atoms with van der Waals surface area (Å²) in [5, 5.41) is 0. The lowest BCUT2D eigenvalue weighted by Crippen LogP contribution is -2.54. The maximum absolute atomic E-state index is 2.54. The van der Waals surface area contributed by atoms with Gasteiger partial charge in [0, 0.05) is 23.0 Å². The molecule has 190 valence electrons. The number of fused-ring (bicyclic) bond motifs is 5. The van der Waals surface area contributed by atoms with E-state index in [9.17, 15) is 0 Å². The lowest BCUT2D eigenvalue weighted by molar-refractivity contribution is 0.590. The van der Waals surface area contributed by atoms with Gasteiger partial charge in [-0.05, 0) is 91.6 Å². The van der Waals surface area contributed by atoms with Gasteiger partial charge in [0.2, 0.25) is 6.71 Å². The molecule has 40 heavy (non-hydrogen) atoms. The van der Waals surface area contributed by atoms with Crippen molar-refractivity contribution < 1.29 is 0 Å². The zero-order valence-electron chi connectivity index (χ0n) is 23.2. The number of allylic oxidation sites excluding steroid dienone is 7. The maximum atomic E-state index is 2.54. The Hall–Kier alpha value is -4.30. The van der Waals surface area contributed by atoms with Gasteiger partial charge < -0.3 is 4.90 Å². The molecule has 9 rings (SSSR count). The highest BCUT2D eigenvalue weighted by Crippen LogP contribution is 2.49. The van der Waals surface area contributed by atoms with Crippen LogP contribution in [0.25, 0.3) is 17.2 Å². The van der Waals surface area contributed by atoms with E-state index < -0.39 is 0 Å². The average molecular weight is 511 g/mol. The van der Waals surface area contributed by atoms with Crippen LogP contribution in [-0.4, -0.2) is 6.71 Å². The van der Waals surface area contributed by atoms with Crippen molar-refractivity contribution >= 4 is 46.2 Å². The molecular weight excluding hydrogens is 481 g/mol. The van der Waals surface area contributed by atoms with E-state index in [4.69, 9.17) is 0 Å². The van der Waals surface area contributed by atoms with Gasteiger partial charge in [-0.15, -0.1) is 0 Å². The molecule has 0 fully saturated rings. The number of nitrogens with zero attached hydrogens (tertiary/aromatic N) is 1. The Bertz CT molecular complexity index is 1930. The third kappa shape index (κ3) is 2.89. The second-order valence-corrected chi connectivity index (χ2v) is 12.9. The highest BCUT2D eigenvalue weighted by atomic mass is 15.2. The lowest BCUT2D eigenvalue weighted by atomic mass is 9.37. The van der Waals surface area contributed by atoms with Crippen LogP contribution in [0.4, 0.5) is 17.1 Å². The van der Waals surface area contributed by atoms with Crippen LogP contribution in [-0.2, 0) is 11.8 Å². The topological polar surface area (TPSA) is 3.24 Å². The van der Waals surface area contributed by atoms with Crippen molar-refractivity contribution in [3.05, 3.63) is 137 Å². The van der Waals surface area contributed by atoms with Crippen LogP contribution in [0.1, 0.15) is 48.9 Å². The fourth-order valence-corrected chi connectivity index (χ4v) is 7.86. The molecule has 0 saturated heterocycles. The largest absolute Gasteiger partial charge is 0.311 e. The Morgan fingerprint density at radius 2 is 1.65 bits per heavy atom. The van der Waals surface area contributed by atoms with E-state index in [2.05, 4.69) is 135 Å². The molecule has 0 bridgehead atoms. The first-order valence-corrected chi connectivity index (χ1v) is 14.6. The second-order valence-electron chi connectivity index (χ2n) is 12.9. The van der Waals surface area contributed by atoms with Crippen LogP contribution in [0.5, 0.6) is 0 Å². The third-order valence-electron chi connectivity index (χ3n) is 9.71. The Kier molecular flexibility index (Phi) is 4.32. The smallest absolute Gasteiger partial charge is 0.248 e. The molecule has 4 aromatic rings. The van der Waals surface area contributed by atoms with Gasteiger partial charge in [0.15, 0.2) is 0 Å². The standard InChI is InChI=1S/C38H30BN/c1-38(2,3)27-18-19-31-30(22-27)29-10-7-13-34-37(29)39(31)32-11-4-5-12-33(32)40(34)28-20-25-16-14-23-8-6-9-24-15-17-26(21-28)36(25)35(23)24/h4-16,18-22,35H,17H2,1-3H3. The number of hydrogen-bond donors (Lipinski definition) is 0. The monoisotopic (exact) mass is 511 g/mol. The van der Waals surface area contributed by atoms with Crippen LogP contribution < -0.4 is 21.3 Å². The Morgan fingerprint density at radius 1 is 0.775 bits per heavy atom. The van der Waals surface area contributed by atoms with Gasteiger partial charge >= 0.3 is 0 Å². The highest BCUT2D eigenvalue weighted by molar-refractivity contribution is 7.01. The van der Waals surface area contributed by atoms with Crippen molar-refractivity contribution in [1.82, 2.24) is 0 Å². The minimum Gasteiger partial charge on any atom is -0.311 e. The van der Waals surface area contributed by atoms with Gasteiger partial charge in [0.1, 0.15) is 0 Å². The van der Waals surface area contributed by atoms with Gasteiger partial charge in [-0.3, -0.25) is 0 Å². The van der Waals surface area contributed by atoms with Crippen molar-refractivity contribution in [2.24, 2.45) is 0 Å². The molecule has 1 unspecified atom stereocenters. The van der Waals surface area contributed by atoms with Crippen LogP contribution >= 0.6 is 0 Å². The normalized spacial score (nSPS) is 18.5. The number of rotatable bonds is 1. The number of benzene rings is 4. The van der Waals surface area contributed by atoms with Crippen molar-refractivity contribution in [2.45, 2.75) is 38.5 Å². The van der Waals surface area contributed by atoms with E-state index in [0.717, 1.165) is 6.42 Å². The van der Waals surface area contributed by atoms with Crippen molar-refractivity contribution in [1.29, 1.82) is 0 Å². The molecule has 0 aromatic heterocycles. The van der Waals surface area contributed by atoms with Crippen molar-refractivity contribution in [3.63, 3.8) is 0 Å². The first-order chi connectivity index (χ1) is 19.5. The van der Waals surface area contributed by atoms with Gasteiger partial charge in [-0.1, -0.05) is 111 Å². The molecule has 5 aliphatic rings. The molecule has 2 heterocycles. The molecule has 1 atom stereocenters. The summed E-state index contributed by atoms with van der Waals surface area (Å²) in [6, 6.07) is 28.1. The summed E-state index contributed by atoms with van der Waals surface area (Å²) >= 11 is 0. The van der Waals surface area contributed by atoms with Gasteiger partial charge in [-0.25, -0.2) is 0 Å². The molecule has 3 aliphatic carbocycles. The maximum Gasteiger partial charge on any atom is 0.248 e. The van der Waals surface area contributed by atoms with Gasteiger partial charge in [0.05, 0.1) is 0 Å². The summed E-state index contributed by atoms with van der Waals surface area (Å²) in [7, 11) is 0. The van der Waals surface area contributed by atoms with Gasteiger partial charge in [-0.2, -0.15) is 0 Å². The van der Waals surface area contributed by atoms with E-state index in [-0.39, 0.29) is 12.1 Å². The van der Waals surface area contributed by atoms with E-state index in [1.807, 2.05) is 0 Å². The zero-order chi connectivity index (χ0) is 26.7. The fourth-order valence-electron chi connectivity index (χ4n) is 7.86. The van der Waals surface area contributed by atoms with Crippen LogP contribution in [0.3, 0.4) is 0 Å². The summed E-state index contributed by atoms with van der Waals surface area (Å²) in [5.41, 5.74) is 19.6. The molecule has 1 nitrogen and oxygen atoms in total. The van der Waals surface area contributed by atoms with Crippen LogP contribution in [0, 0.1) is 0 Å². The summed E-state index contributed by atoms with van der Waals surface area (Å²) in [6.07, 6.45) is 14.9. The second kappa shape index (κ2) is 7.67. The first kappa shape index (κ1) is 22.5. The van der Waals surface area contributed by atoms with E-state index in [0.29, 0.717) is 5.92 Å². The minimum absolute atomic E-state index is 0.116. The van der Waals surface area contributed by atoms with Crippen molar-refractivity contribution in [2.75, 3.05) is 4.90 Å². The van der Waals surface area contributed by atoms with Crippen LogP contribution in [0.15, 0.2) is 114 Å². The third-order valence-corrected chi connectivity index (χ3v) is 9.71. The summed E-state index contributed by atoms with van der Waals surface area (Å²) in [5.74, 6) is 0.383. The molecule has 0 spiro atoms. The summed E-state index contributed by atoms with van der Waals surface area (Å²) in [4.78, 5) is 2.54. The quantitative estimate of drug-likeness (QED) is 0.209. The SMILES string of the molecule is CC(C)(C)c1ccc2c(c1)-c1cccc3c1B2c1ccccc1N3c1cc2c3c(c1)CC=C1C=CC=C(C=C2)C13. The predicted molar refractivity (Wildman–Crippen MR) is 171 cm³/mol. The molecule has 0 radical (unpaired) electrons. The fraction of sp³-hybridized carbons (Fsp3) is 0.158. The Morgan fingerprint density at radius 3 is 2.55 bits per heavy atom. The number of hydrogen-bond acceptors (Lipinski definition) is 1. The molecule has 0 amide bonds. The Labute approximate surface area is 237 Å². The summed E-state index contributed by atoms with van der Waals surface area (Å²) < 4.78 is 0. The van der Waals surface area contributed by atoms with E-state index in [1.54, 1.807) is 0 Å². The van der Waals surface area contributed by atoms with Crippen LogP contribution in [0.2, 0.25) is 0 Å². The molecule has 2 heteroatoms. The minimum atomic E-state index is 0.116.